The van der Waals surface area contributed by atoms with E-state index in [2.05, 4.69) is 22.4 Å². The van der Waals surface area contributed by atoms with Crippen LogP contribution in [0.15, 0.2) is 30.9 Å². The molecular formula is C13H17N5O. The third-order valence-electron chi connectivity index (χ3n) is 3.44. The van der Waals surface area contributed by atoms with Crippen molar-refractivity contribution in [3.05, 3.63) is 36.4 Å². The van der Waals surface area contributed by atoms with Crippen molar-refractivity contribution in [3.63, 3.8) is 0 Å². The van der Waals surface area contributed by atoms with Gasteiger partial charge in [0.1, 0.15) is 0 Å². The Morgan fingerprint density at radius 2 is 2.11 bits per heavy atom. The molecule has 1 aliphatic heterocycles. The Morgan fingerprint density at radius 3 is 2.89 bits per heavy atom. The number of amides is 1. The summed E-state index contributed by atoms with van der Waals surface area (Å²) in [7, 11) is 2.09. The second-order valence-corrected chi connectivity index (χ2v) is 4.87. The van der Waals surface area contributed by atoms with Crippen molar-refractivity contribution in [2.75, 3.05) is 33.2 Å². The predicted molar refractivity (Wildman–Crippen MR) is 71.7 cm³/mol. The molecule has 6 heteroatoms. The van der Waals surface area contributed by atoms with Gasteiger partial charge in [0.25, 0.3) is 5.91 Å². The van der Waals surface area contributed by atoms with Crippen LogP contribution in [0.2, 0.25) is 0 Å². The number of pyridine rings is 1. The molecule has 0 saturated carbocycles. The van der Waals surface area contributed by atoms with Crippen molar-refractivity contribution in [3.8, 4) is 0 Å². The normalized spacial score (nSPS) is 17.7. The Kier molecular flexibility index (Phi) is 3.18. The number of rotatable bonds is 2. The molecule has 19 heavy (non-hydrogen) atoms. The summed E-state index contributed by atoms with van der Waals surface area (Å²) >= 11 is 0. The summed E-state index contributed by atoms with van der Waals surface area (Å²) < 4.78 is 1.88. The number of piperazine rings is 1. The summed E-state index contributed by atoms with van der Waals surface area (Å²) in [6.45, 7) is 3.66. The molecule has 2 aromatic rings. The van der Waals surface area contributed by atoms with E-state index in [1.165, 1.54) is 0 Å². The number of carbonyl (C=O) groups excluding carboxylic acids is 1. The van der Waals surface area contributed by atoms with E-state index >= 15 is 0 Å². The smallest absolute Gasteiger partial charge is 0.265 e. The first-order chi connectivity index (χ1) is 9.22. The summed E-state index contributed by atoms with van der Waals surface area (Å²) in [5.41, 5.74) is 4.53. The van der Waals surface area contributed by atoms with Gasteiger partial charge in [0.05, 0.1) is 18.0 Å². The quantitative estimate of drug-likeness (QED) is 0.838. The summed E-state index contributed by atoms with van der Waals surface area (Å²) in [4.78, 5) is 18.5. The molecule has 0 bridgehead atoms. The molecule has 3 heterocycles. The summed E-state index contributed by atoms with van der Waals surface area (Å²) in [6, 6.07) is 3.65. The number of carbonyl (C=O) groups is 1. The largest absolute Gasteiger partial charge is 0.306 e. The lowest BCUT2D eigenvalue weighted by molar-refractivity contribution is 0.0662. The molecular weight excluding hydrogens is 242 g/mol. The van der Waals surface area contributed by atoms with E-state index in [-0.39, 0.29) is 5.91 Å². The van der Waals surface area contributed by atoms with Crippen LogP contribution < -0.4 is 5.43 Å². The maximum atomic E-state index is 12.2. The SMILES string of the molecule is CN1CCN(NC(=O)c2ccn3cncc3c2)CC1. The molecule has 0 aliphatic carbocycles. The second-order valence-electron chi connectivity index (χ2n) is 4.87. The average molecular weight is 259 g/mol. The van der Waals surface area contributed by atoms with Gasteiger partial charge >= 0.3 is 0 Å². The first-order valence-corrected chi connectivity index (χ1v) is 6.38. The lowest BCUT2D eigenvalue weighted by Crippen LogP contribution is -2.52. The Hall–Kier alpha value is -1.92. The highest BCUT2D eigenvalue weighted by molar-refractivity contribution is 5.94. The van der Waals surface area contributed by atoms with Gasteiger partial charge in [0, 0.05) is 37.9 Å². The number of imidazole rings is 1. The van der Waals surface area contributed by atoms with Crippen molar-refractivity contribution < 1.29 is 4.79 Å². The number of nitrogens with zero attached hydrogens (tertiary/aromatic N) is 4. The molecule has 0 radical (unpaired) electrons. The molecule has 1 fully saturated rings. The van der Waals surface area contributed by atoms with Gasteiger partial charge < -0.3 is 9.30 Å². The summed E-state index contributed by atoms with van der Waals surface area (Å²) in [5, 5.41) is 1.98. The third kappa shape index (κ3) is 2.59. The first-order valence-electron chi connectivity index (χ1n) is 6.38. The number of hydrazine groups is 1. The van der Waals surface area contributed by atoms with Crippen molar-refractivity contribution in [1.29, 1.82) is 0 Å². The van der Waals surface area contributed by atoms with Crippen LogP contribution in [-0.4, -0.2) is 58.4 Å². The molecule has 6 nitrogen and oxygen atoms in total. The lowest BCUT2D eigenvalue weighted by atomic mass is 10.2. The Labute approximate surface area is 111 Å². The Balaban J connectivity index is 1.69. The maximum absolute atomic E-state index is 12.2. The number of aromatic nitrogens is 2. The second kappa shape index (κ2) is 4.99. The zero-order valence-corrected chi connectivity index (χ0v) is 10.9. The van der Waals surface area contributed by atoms with Gasteiger partial charge in [0.2, 0.25) is 0 Å². The standard InChI is InChI=1S/C13H17N5O/c1-16-4-6-18(7-5-16)15-13(19)11-2-3-17-10-14-9-12(17)8-11/h2-3,8-10H,4-7H2,1H3,(H,15,19). The minimum atomic E-state index is -0.0618. The van der Waals surface area contributed by atoms with Crippen LogP contribution in [0, 0.1) is 0 Å². The lowest BCUT2D eigenvalue weighted by Gasteiger charge is -2.32. The van der Waals surface area contributed by atoms with Crippen molar-refractivity contribution in [1.82, 2.24) is 24.7 Å². The number of nitrogens with one attached hydrogen (secondary N) is 1. The van der Waals surface area contributed by atoms with Crippen LogP contribution in [0.25, 0.3) is 5.52 Å². The molecule has 0 atom stereocenters. The molecule has 3 rings (SSSR count). The van der Waals surface area contributed by atoms with Crippen LogP contribution in [0.3, 0.4) is 0 Å². The first kappa shape index (κ1) is 12.1. The van der Waals surface area contributed by atoms with Gasteiger partial charge in [-0.3, -0.25) is 10.2 Å². The van der Waals surface area contributed by atoms with E-state index in [0.717, 1.165) is 31.7 Å². The third-order valence-corrected chi connectivity index (χ3v) is 3.44. The van der Waals surface area contributed by atoms with Gasteiger partial charge in [-0.15, -0.1) is 0 Å². The number of hydrogen-bond acceptors (Lipinski definition) is 4. The highest BCUT2D eigenvalue weighted by atomic mass is 16.2. The van der Waals surface area contributed by atoms with Gasteiger partial charge in [-0.1, -0.05) is 0 Å². The van der Waals surface area contributed by atoms with Crippen LogP contribution in [0.4, 0.5) is 0 Å². The minimum Gasteiger partial charge on any atom is -0.306 e. The van der Waals surface area contributed by atoms with Gasteiger partial charge in [-0.05, 0) is 19.2 Å². The fourth-order valence-electron chi connectivity index (χ4n) is 2.19. The zero-order chi connectivity index (χ0) is 13.2. The molecule has 1 aliphatic rings. The Morgan fingerprint density at radius 1 is 1.32 bits per heavy atom. The van der Waals surface area contributed by atoms with E-state index in [1.54, 1.807) is 18.6 Å². The van der Waals surface area contributed by atoms with Crippen molar-refractivity contribution in [2.24, 2.45) is 0 Å². The molecule has 1 amide bonds. The van der Waals surface area contributed by atoms with E-state index < -0.39 is 0 Å². The summed E-state index contributed by atoms with van der Waals surface area (Å²) in [6.07, 6.45) is 5.31. The molecule has 1 saturated heterocycles. The molecule has 2 aromatic heterocycles. The fourth-order valence-corrected chi connectivity index (χ4v) is 2.19. The van der Waals surface area contributed by atoms with E-state index in [9.17, 15) is 4.79 Å². The molecule has 100 valence electrons. The van der Waals surface area contributed by atoms with Crippen LogP contribution in [0.1, 0.15) is 10.4 Å². The van der Waals surface area contributed by atoms with E-state index in [0.29, 0.717) is 5.56 Å². The van der Waals surface area contributed by atoms with E-state index in [1.807, 2.05) is 21.7 Å². The molecule has 0 spiro atoms. The van der Waals surface area contributed by atoms with Gasteiger partial charge in [0.15, 0.2) is 0 Å². The summed E-state index contributed by atoms with van der Waals surface area (Å²) in [5.74, 6) is -0.0618. The number of likely N-dealkylation sites (N-methyl/N-ethyl adjacent to an activating group) is 1. The predicted octanol–water partition coefficient (Wildman–Crippen LogP) is 0.226. The molecule has 1 N–H and O–H groups in total. The monoisotopic (exact) mass is 259 g/mol. The maximum Gasteiger partial charge on any atom is 0.265 e. The average Bonchev–Trinajstić information content (AvgIpc) is 2.88. The van der Waals surface area contributed by atoms with Crippen molar-refractivity contribution >= 4 is 11.4 Å². The number of fused-ring (bicyclic) bond motifs is 1. The van der Waals surface area contributed by atoms with Crippen LogP contribution in [0.5, 0.6) is 0 Å². The zero-order valence-electron chi connectivity index (χ0n) is 10.9. The number of hydrogen-bond donors (Lipinski definition) is 1. The van der Waals surface area contributed by atoms with Crippen molar-refractivity contribution in [2.45, 2.75) is 0 Å². The van der Waals surface area contributed by atoms with Crippen LogP contribution in [-0.2, 0) is 0 Å². The fraction of sp³-hybridized carbons (Fsp3) is 0.385. The van der Waals surface area contributed by atoms with Gasteiger partial charge in [-0.25, -0.2) is 9.99 Å². The molecule has 0 aromatic carbocycles. The molecule has 0 unspecified atom stereocenters. The topological polar surface area (TPSA) is 52.9 Å². The highest BCUT2D eigenvalue weighted by Gasteiger charge is 2.16. The van der Waals surface area contributed by atoms with Crippen LogP contribution >= 0.6 is 0 Å². The highest BCUT2D eigenvalue weighted by Crippen LogP contribution is 2.07. The van der Waals surface area contributed by atoms with Gasteiger partial charge in [-0.2, -0.15) is 0 Å². The minimum absolute atomic E-state index is 0.0618. The Bertz CT molecular complexity index is 585. The van der Waals surface area contributed by atoms with E-state index in [4.69, 9.17) is 0 Å².